The Morgan fingerprint density at radius 2 is 2.19 bits per heavy atom. The first-order valence-corrected chi connectivity index (χ1v) is 11.4. The Morgan fingerprint density at radius 3 is 2.91 bits per heavy atom. The van der Waals surface area contributed by atoms with Gasteiger partial charge in [-0.2, -0.15) is 5.10 Å². The van der Waals surface area contributed by atoms with Gasteiger partial charge in [-0.15, -0.1) is 17.8 Å². The number of hydrogen-bond acceptors (Lipinski definition) is 7. The second-order valence-electron chi connectivity index (χ2n) is 8.14. The number of rotatable bonds is 6. The van der Waals surface area contributed by atoms with Crippen LogP contribution in [0, 0.1) is 12.3 Å². The molecule has 166 valence electrons. The Bertz CT molecular complexity index is 1110. The van der Waals surface area contributed by atoms with Gasteiger partial charge < -0.3 is 15.0 Å². The van der Waals surface area contributed by atoms with E-state index in [0.29, 0.717) is 0 Å². The van der Waals surface area contributed by atoms with Crippen molar-refractivity contribution in [2.45, 2.75) is 45.3 Å². The number of terminal acetylenes is 1. The SMILES string of the molecule is C#CC(C)(C)OC(=O)NCc1cc(-c2sc(-c3cccnc3)nc2N2CCCCC2)n[nH]1. The fourth-order valence-corrected chi connectivity index (χ4v) is 4.48. The zero-order valence-electron chi connectivity index (χ0n) is 18.2. The van der Waals surface area contributed by atoms with Crippen molar-refractivity contribution in [3.05, 3.63) is 36.3 Å². The molecule has 1 aliphatic heterocycles. The molecule has 4 rings (SSSR count). The maximum absolute atomic E-state index is 12.0. The van der Waals surface area contributed by atoms with Crippen molar-refractivity contribution in [1.29, 1.82) is 0 Å². The molecule has 1 fully saturated rings. The molecule has 9 heteroatoms. The van der Waals surface area contributed by atoms with Gasteiger partial charge in [-0.1, -0.05) is 5.92 Å². The molecule has 8 nitrogen and oxygen atoms in total. The third kappa shape index (κ3) is 5.08. The second-order valence-corrected chi connectivity index (χ2v) is 9.14. The maximum atomic E-state index is 12.0. The Labute approximate surface area is 191 Å². The van der Waals surface area contributed by atoms with Crippen LogP contribution in [0.1, 0.15) is 38.8 Å². The summed E-state index contributed by atoms with van der Waals surface area (Å²) >= 11 is 1.60. The number of thiazole rings is 1. The molecule has 1 aliphatic rings. The van der Waals surface area contributed by atoms with Crippen molar-refractivity contribution in [2.75, 3.05) is 18.0 Å². The third-order valence-corrected chi connectivity index (χ3v) is 6.27. The summed E-state index contributed by atoms with van der Waals surface area (Å²) in [6, 6.07) is 5.86. The summed E-state index contributed by atoms with van der Waals surface area (Å²) in [6.45, 7) is 5.54. The number of carbonyl (C=O) groups is 1. The van der Waals surface area contributed by atoms with E-state index < -0.39 is 11.7 Å². The molecule has 0 bridgehead atoms. The minimum absolute atomic E-state index is 0.250. The van der Waals surface area contributed by atoms with Crippen LogP contribution in [0.5, 0.6) is 0 Å². The third-order valence-electron chi connectivity index (χ3n) is 5.16. The molecule has 3 aromatic rings. The zero-order chi connectivity index (χ0) is 22.6. The molecular weight excluding hydrogens is 424 g/mol. The largest absolute Gasteiger partial charge is 0.430 e. The number of alkyl carbamates (subject to hydrolysis) is 1. The summed E-state index contributed by atoms with van der Waals surface area (Å²) in [5.41, 5.74) is 1.58. The van der Waals surface area contributed by atoms with Gasteiger partial charge in [-0.05, 0) is 51.3 Å². The number of hydrogen-bond donors (Lipinski definition) is 2. The van der Waals surface area contributed by atoms with Gasteiger partial charge in [0.15, 0.2) is 5.60 Å². The molecule has 4 heterocycles. The summed E-state index contributed by atoms with van der Waals surface area (Å²) < 4.78 is 5.21. The topological polar surface area (TPSA) is 96.0 Å². The average molecular weight is 451 g/mol. The minimum atomic E-state index is -0.960. The van der Waals surface area contributed by atoms with Gasteiger partial charge in [-0.25, -0.2) is 9.78 Å². The number of pyridine rings is 1. The first-order chi connectivity index (χ1) is 15.4. The van der Waals surface area contributed by atoms with Crippen molar-refractivity contribution >= 4 is 23.2 Å². The number of piperidine rings is 1. The molecule has 0 atom stereocenters. The first kappa shape index (κ1) is 21.8. The second kappa shape index (κ2) is 9.40. The lowest BCUT2D eigenvalue weighted by molar-refractivity contribution is 0.0778. The van der Waals surface area contributed by atoms with Gasteiger partial charge in [0.25, 0.3) is 0 Å². The highest BCUT2D eigenvalue weighted by Crippen LogP contribution is 2.40. The van der Waals surface area contributed by atoms with E-state index in [2.05, 4.69) is 31.3 Å². The number of ether oxygens (including phenoxy) is 1. The van der Waals surface area contributed by atoms with Crippen molar-refractivity contribution < 1.29 is 9.53 Å². The van der Waals surface area contributed by atoms with E-state index in [1.807, 2.05) is 24.4 Å². The van der Waals surface area contributed by atoms with Gasteiger partial charge in [0, 0.05) is 31.0 Å². The lowest BCUT2D eigenvalue weighted by atomic mass is 10.1. The predicted molar refractivity (Wildman–Crippen MR) is 125 cm³/mol. The molecule has 3 aromatic heterocycles. The Hall–Kier alpha value is -3.38. The van der Waals surface area contributed by atoms with Crippen LogP contribution in [0.2, 0.25) is 0 Å². The smallest absolute Gasteiger partial charge is 0.408 e. The van der Waals surface area contributed by atoms with Gasteiger partial charge in [0.05, 0.1) is 17.1 Å². The van der Waals surface area contributed by atoms with E-state index in [0.717, 1.165) is 58.6 Å². The number of aromatic nitrogens is 4. The molecule has 0 aromatic carbocycles. The van der Waals surface area contributed by atoms with Crippen LogP contribution < -0.4 is 10.2 Å². The van der Waals surface area contributed by atoms with Crippen molar-refractivity contribution in [3.8, 4) is 33.5 Å². The van der Waals surface area contributed by atoms with E-state index in [9.17, 15) is 4.79 Å². The van der Waals surface area contributed by atoms with Gasteiger partial charge in [0.2, 0.25) is 0 Å². The van der Waals surface area contributed by atoms with Crippen LogP contribution in [0.4, 0.5) is 10.6 Å². The molecule has 1 saturated heterocycles. The summed E-state index contributed by atoms with van der Waals surface area (Å²) in [6.07, 6.45) is 11.9. The number of amides is 1. The van der Waals surface area contributed by atoms with Gasteiger partial charge in [-0.3, -0.25) is 10.1 Å². The normalized spacial score (nSPS) is 14.1. The number of nitrogens with zero attached hydrogens (tertiary/aromatic N) is 4. The molecule has 1 amide bonds. The fraction of sp³-hybridized carbons (Fsp3) is 0.391. The highest BCUT2D eigenvalue weighted by molar-refractivity contribution is 7.19. The molecule has 0 spiro atoms. The summed E-state index contributed by atoms with van der Waals surface area (Å²) in [5, 5.41) is 11.1. The van der Waals surface area contributed by atoms with Crippen LogP contribution in [0.3, 0.4) is 0 Å². The Balaban J connectivity index is 1.55. The van der Waals surface area contributed by atoms with Crippen molar-refractivity contribution in [1.82, 2.24) is 25.5 Å². The highest BCUT2D eigenvalue weighted by Gasteiger charge is 2.23. The van der Waals surface area contributed by atoms with E-state index in [1.165, 1.54) is 6.42 Å². The quantitative estimate of drug-likeness (QED) is 0.546. The van der Waals surface area contributed by atoms with Crippen LogP contribution in [-0.4, -0.2) is 44.9 Å². The predicted octanol–water partition coefficient (Wildman–Crippen LogP) is 4.22. The van der Waals surface area contributed by atoms with E-state index in [4.69, 9.17) is 16.1 Å². The Morgan fingerprint density at radius 1 is 1.38 bits per heavy atom. The van der Waals surface area contributed by atoms with E-state index >= 15 is 0 Å². The zero-order valence-corrected chi connectivity index (χ0v) is 19.0. The van der Waals surface area contributed by atoms with Crippen LogP contribution in [0.15, 0.2) is 30.6 Å². The summed E-state index contributed by atoms with van der Waals surface area (Å²) in [4.78, 5) is 24.5. The van der Waals surface area contributed by atoms with Gasteiger partial charge >= 0.3 is 6.09 Å². The fourth-order valence-electron chi connectivity index (χ4n) is 3.44. The van der Waals surface area contributed by atoms with E-state index in [1.54, 1.807) is 31.4 Å². The first-order valence-electron chi connectivity index (χ1n) is 10.6. The number of H-pyrrole nitrogens is 1. The van der Waals surface area contributed by atoms with E-state index in [-0.39, 0.29) is 6.54 Å². The molecular formula is C23H26N6O2S. The highest BCUT2D eigenvalue weighted by atomic mass is 32.1. The molecule has 0 radical (unpaired) electrons. The molecule has 2 N–H and O–H groups in total. The minimum Gasteiger partial charge on any atom is -0.430 e. The molecule has 0 aliphatic carbocycles. The maximum Gasteiger partial charge on any atom is 0.408 e. The number of carbonyl (C=O) groups excluding carboxylic acids is 1. The average Bonchev–Trinajstić information content (AvgIpc) is 3.46. The lowest BCUT2D eigenvalue weighted by Crippen LogP contribution is -2.33. The standard InChI is InChI=1S/C23H26N6O2S/c1-4-23(2,3)31-22(30)25-15-17-13-18(28-27-17)19-20(29-11-6-5-7-12-29)26-21(32-19)16-9-8-10-24-14-16/h1,8-10,13-14H,5-7,11-12,15H2,2-3H3,(H,25,30)(H,27,28). The monoisotopic (exact) mass is 450 g/mol. The number of nitrogens with one attached hydrogen (secondary N) is 2. The molecule has 0 unspecified atom stereocenters. The summed E-state index contributed by atoms with van der Waals surface area (Å²) in [5.74, 6) is 3.38. The number of anilines is 1. The summed E-state index contributed by atoms with van der Waals surface area (Å²) in [7, 11) is 0. The number of aromatic amines is 1. The molecule has 0 saturated carbocycles. The van der Waals surface area contributed by atoms with Crippen molar-refractivity contribution in [3.63, 3.8) is 0 Å². The molecule has 32 heavy (non-hydrogen) atoms. The van der Waals surface area contributed by atoms with Crippen LogP contribution in [-0.2, 0) is 11.3 Å². The van der Waals surface area contributed by atoms with Crippen LogP contribution >= 0.6 is 11.3 Å². The lowest BCUT2D eigenvalue weighted by Gasteiger charge is -2.27. The van der Waals surface area contributed by atoms with Crippen LogP contribution in [0.25, 0.3) is 21.1 Å². The van der Waals surface area contributed by atoms with Crippen molar-refractivity contribution in [2.24, 2.45) is 0 Å². The Kier molecular flexibility index (Phi) is 6.42. The van der Waals surface area contributed by atoms with Gasteiger partial charge in [0.1, 0.15) is 16.5 Å².